The van der Waals surface area contributed by atoms with E-state index in [9.17, 15) is 0 Å². The Labute approximate surface area is 126 Å². The topological polar surface area (TPSA) is 26.0 Å². The van der Waals surface area contributed by atoms with Gasteiger partial charge in [-0.05, 0) is 48.3 Å². The van der Waals surface area contributed by atoms with Gasteiger partial charge >= 0.3 is 0 Å². The van der Waals surface area contributed by atoms with Crippen molar-refractivity contribution in [1.29, 1.82) is 0 Å². The van der Waals surface area contributed by atoms with E-state index in [1.165, 1.54) is 19.3 Å². The third-order valence-electron chi connectivity index (χ3n) is 5.33. The number of nitrogens with two attached hydrogens (primary N) is 1. The summed E-state index contributed by atoms with van der Waals surface area (Å²) in [7, 11) is 0. The lowest BCUT2D eigenvalue weighted by molar-refractivity contribution is 0.132. The highest BCUT2D eigenvalue weighted by molar-refractivity contribution is 14.1. The molecule has 0 aromatic carbocycles. The summed E-state index contributed by atoms with van der Waals surface area (Å²) in [6.45, 7) is 9.64. The van der Waals surface area contributed by atoms with E-state index in [2.05, 4.69) is 62.4 Å². The fourth-order valence-corrected chi connectivity index (χ4v) is 5.99. The minimum atomic E-state index is 0.366. The Hall–Kier alpha value is 0.430. The lowest BCUT2D eigenvalue weighted by Crippen LogP contribution is -2.41. The fourth-order valence-electron chi connectivity index (χ4n) is 4.85. The minimum absolute atomic E-state index is 0.366. The molecule has 0 amide bonds. The van der Waals surface area contributed by atoms with Crippen molar-refractivity contribution < 1.29 is 0 Å². The summed E-state index contributed by atoms with van der Waals surface area (Å²) in [5, 5.41) is 0. The zero-order valence-corrected chi connectivity index (χ0v) is 14.4. The van der Waals surface area contributed by atoms with Gasteiger partial charge in [0.15, 0.2) is 0 Å². The first-order chi connectivity index (χ1) is 8.34. The maximum absolute atomic E-state index is 6.63. The number of hydrogen-bond donors (Lipinski definition) is 1. The SMILES string of the molecule is CC(I)CC(C)(C)C1C(N)[C@@H]2C=CCCC2[C@H]1C. The molecule has 2 heteroatoms. The molecule has 1 saturated carbocycles. The van der Waals surface area contributed by atoms with Gasteiger partial charge < -0.3 is 5.73 Å². The van der Waals surface area contributed by atoms with Crippen molar-refractivity contribution in [3.63, 3.8) is 0 Å². The molecule has 0 aliphatic heterocycles. The van der Waals surface area contributed by atoms with Crippen LogP contribution in [0, 0.1) is 29.1 Å². The zero-order valence-electron chi connectivity index (χ0n) is 12.2. The first-order valence-corrected chi connectivity index (χ1v) is 8.65. The summed E-state index contributed by atoms with van der Waals surface area (Å²) in [5.74, 6) is 2.92. The molecule has 0 aromatic heterocycles. The van der Waals surface area contributed by atoms with E-state index in [1.54, 1.807) is 0 Å². The molecule has 18 heavy (non-hydrogen) atoms. The Balaban J connectivity index is 2.21. The van der Waals surface area contributed by atoms with E-state index in [0.717, 1.165) is 15.8 Å². The first kappa shape index (κ1) is 14.8. The van der Waals surface area contributed by atoms with Crippen molar-refractivity contribution in [2.45, 2.75) is 56.9 Å². The van der Waals surface area contributed by atoms with Gasteiger partial charge in [0.05, 0.1) is 0 Å². The van der Waals surface area contributed by atoms with Crippen molar-refractivity contribution in [3.8, 4) is 0 Å². The van der Waals surface area contributed by atoms with Gasteiger partial charge in [0.2, 0.25) is 0 Å². The van der Waals surface area contributed by atoms with E-state index in [0.29, 0.717) is 23.3 Å². The standard InChI is InChI=1S/C16H28IN/c1-10(17)9-16(3,4)14-11(2)12-7-5-6-8-13(12)15(14)18/h6,8,10-15H,5,7,9,18H2,1-4H3/t10?,11-,12?,13-,14?,15?/m1/s1. The molecule has 0 heterocycles. The first-order valence-electron chi connectivity index (χ1n) is 7.41. The molecule has 2 aliphatic carbocycles. The second kappa shape index (κ2) is 5.43. The molecular formula is C16H28IN. The highest BCUT2D eigenvalue weighted by Gasteiger charge is 2.51. The lowest BCUT2D eigenvalue weighted by Gasteiger charge is -2.39. The smallest absolute Gasteiger partial charge is 0.0141 e. The van der Waals surface area contributed by atoms with E-state index in [-0.39, 0.29) is 0 Å². The number of hydrogen-bond acceptors (Lipinski definition) is 1. The van der Waals surface area contributed by atoms with Crippen molar-refractivity contribution in [1.82, 2.24) is 0 Å². The van der Waals surface area contributed by atoms with Crippen LogP contribution in [0.3, 0.4) is 0 Å². The second-order valence-electron chi connectivity index (χ2n) is 7.18. The summed E-state index contributed by atoms with van der Waals surface area (Å²) in [6.07, 6.45) is 8.65. The van der Waals surface area contributed by atoms with Gasteiger partial charge in [-0.25, -0.2) is 0 Å². The van der Waals surface area contributed by atoms with Gasteiger partial charge in [-0.2, -0.15) is 0 Å². The van der Waals surface area contributed by atoms with Gasteiger partial charge in [0, 0.05) is 9.97 Å². The zero-order chi connectivity index (χ0) is 13.5. The van der Waals surface area contributed by atoms with Crippen LogP contribution in [0.15, 0.2) is 12.2 Å². The summed E-state index contributed by atoms with van der Waals surface area (Å²) in [5.41, 5.74) is 7.00. The highest BCUT2D eigenvalue weighted by Crippen LogP contribution is 2.53. The Morgan fingerprint density at radius 1 is 1.44 bits per heavy atom. The van der Waals surface area contributed by atoms with Crippen LogP contribution in [0.5, 0.6) is 0 Å². The van der Waals surface area contributed by atoms with Crippen LogP contribution in [0.1, 0.15) is 47.0 Å². The summed E-state index contributed by atoms with van der Waals surface area (Å²) < 4.78 is 0.732. The maximum atomic E-state index is 6.63. The number of halogens is 1. The number of fused-ring (bicyclic) bond motifs is 1. The molecule has 2 N–H and O–H groups in total. The normalized spacial score (nSPS) is 41.8. The molecule has 4 unspecified atom stereocenters. The van der Waals surface area contributed by atoms with Crippen molar-refractivity contribution in [2.24, 2.45) is 34.8 Å². The molecule has 0 radical (unpaired) electrons. The molecule has 2 aliphatic rings. The fraction of sp³-hybridized carbons (Fsp3) is 0.875. The third-order valence-corrected chi connectivity index (χ3v) is 5.77. The van der Waals surface area contributed by atoms with Crippen LogP contribution in [0.2, 0.25) is 0 Å². The average molecular weight is 361 g/mol. The molecule has 104 valence electrons. The summed E-state index contributed by atoms with van der Waals surface area (Å²) in [4.78, 5) is 0. The molecular weight excluding hydrogens is 333 g/mol. The van der Waals surface area contributed by atoms with Gasteiger partial charge in [0.1, 0.15) is 0 Å². The Morgan fingerprint density at radius 2 is 2.11 bits per heavy atom. The molecule has 1 nitrogen and oxygen atoms in total. The van der Waals surface area contributed by atoms with Crippen LogP contribution in [-0.4, -0.2) is 9.97 Å². The predicted molar refractivity (Wildman–Crippen MR) is 87.9 cm³/mol. The van der Waals surface area contributed by atoms with Crippen LogP contribution >= 0.6 is 22.6 Å². The van der Waals surface area contributed by atoms with Gasteiger partial charge in [0.25, 0.3) is 0 Å². The summed E-state index contributed by atoms with van der Waals surface area (Å²) in [6, 6.07) is 0.367. The Morgan fingerprint density at radius 3 is 2.67 bits per heavy atom. The molecule has 0 bridgehead atoms. The highest BCUT2D eigenvalue weighted by atomic mass is 127. The molecule has 2 rings (SSSR count). The summed E-state index contributed by atoms with van der Waals surface area (Å²) >= 11 is 2.55. The Bertz CT molecular complexity index is 321. The number of allylic oxidation sites excluding steroid dienone is 1. The van der Waals surface area contributed by atoms with Gasteiger partial charge in [-0.3, -0.25) is 0 Å². The van der Waals surface area contributed by atoms with Crippen molar-refractivity contribution in [3.05, 3.63) is 12.2 Å². The largest absolute Gasteiger partial charge is 0.327 e. The van der Waals surface area contributed by atoms with Crippen molar-refractivity contribution in [2.75, 3.05) is 0 Å². The van der Waals surface area contributed by atoms with Crippen LogP contribution < -0.4 is 5.73 Å². The molecule has 6 atom stereocenters. The molecule has 0 saturated heterocycles. The monoisotopic (exact) mass is 361 g/mol. The molecule has 1 fully saturated rings. The minimum Gasteiger partial charge on any atom is -0.327 e. The molecule has 0 spiro atoms. The van der Waals surface area contributed by atoms with Gasteiger partial charge in [-0.15, -0.1) is 0 Å². The number of rotatable bonds is 3. The van der Waals surface area contributed by atoms with E-state index in [1.807, 2.05) is 0 Å². The second-order valence-corrected chi connectivity index (χ2v) is 9.31. The third kappa shape index (κ3) is 2.65. The van der Waals surface area contributed by atoms with E-state index < -0.39 is 0 Å². The van der Waals surface area contributed by atoms with Crippen LogP contribution in [0.4, 0.5) is 0 Å². The Kier molecular flexibility index (Phi) is 4.48. The van der Waals surface area contributed by atoms with E-state index in [4.69, 9.17) is 5.73 Å². The van der Waals surface area contributed by atoms with Gasteiger partial charge in [-0.1, -0.05) is 62.4 Å². The van der Waals surface area contributed by atoms with Crippen LogP contribution in [0.25, 0.3) is 0 Å². The van der Waals surface area contributed by atoms with Crippen LogP contribution in [-0.2, 0) is 0 Å². The average Bonchev–Trinajstić information content (AvgIpc) is 2.51. The lowest BCUT2D eigenvalue weighted by atomic mass is 9.69. The van der Waals surface area contributed by atoms with Crippen molar-refractivity contribution >= 4 is 22.6 Å². The molecule has 0 aromatic rings. The predicted octanol–water partition coefficient (Wildman–Crippen LogP) is 4.40. The van der Waals surface area contributed by atoms with E-state index >= 15 is 0 Å². The maximum Gasteiger partial charge on any atom is 0.0141 e. The number of alkyl halides is 1. The quantitative estimate of drug-likeness (QED) is 0.450.